The average molecular weight is 249 g/mol. The van der Waals surface area contributed by atoms with Crippen LogP contribution in [-0.2, 0) is 6.42 Å². The highest BCUT2D eigenvalue weighted by atomic mass is 19.1. The van der Waals surface area contributed by atoms with Gasteiger partial charge in [-0.3, -0.25) is 0 Å². The number of halogens is 1. The number of hydrogen-bond acceptors (Lipinski definition) is 1. The van der Waals surface area contributed by atoms with E-state index in [0.717, 1.165) is 25.4 Å². The SMILES string of the molecule is CCNCC(C)(Cc1cc(F)ccc1C)C1CC1. The van der Waals surface area contributed by atoms with E-state index in [1.807, 2.05) is 6.07 Å². The van der Waals surface area contributed by atoms with Crippen molar-refractivity contribution in [1.82, 2.24) is 5.32 Å². The van der Waals surface area contributed by atoms with Crippen LogP contribution in [0.4, 0.5) is 4.39 Å². The summed E-state index contributed by atoms with van der Waals surface area (Å²) in [6.07, 6.45) is 3.64. The number of aryl methyl sites for hydroxylation is 1. The van der Waals surface area contributed by atoms with E-state index in [1.165, 1.54) is 24.0 Å². The van der Waals surface area contributed by atoms with Gasteiger partial charge < -0.3 is 5.32 Å². The molecule has 2 rings (SSSR count). The van der Waals surface area contributed by atoms with Gasteiger partial charge >= 0.3 is 0 Å². The highest BCUT2D eigenvalue weighted by molar-refractivity contribution is 5.28. The topological polar surface area (TPSA) is 12.0 Å². The predicted molar refractivity (Wildman–Crippen MR) is 74.2 cm³/mol. The van der Waals surface area contributed by atoms with Crippen LogP contribution in [0.5, 0.6) is 0 Å². The summed E-state index contributed by atoms with van der Waals surface area (Å²) in [7, 11) is 0. The van der Waals surface area contributed by atoms with E-state index in [1.54, 1.807) is 12.1 Å². The van der Waals surface area contributed by atoms with E-state index in [2.05, 4.69) is 26.1 Å². The fraction of sp³-hybridized carbons (Fsp3) is 0.625. The lowest BCUT2D eigenvalue weighted by Gasteiger charge is -2.31. The monoisotopic (exact) mass is 249 g/mol. The van der Waals surface area contributed by atoms with Crippen LogP contribution < -0.4 is 5.32 Å². The van der Waals surface area contributed by atoms with Gasteiger partial charge in [-0.25, -0.2) is 4.39 Å². The molecule has 1 nitrogen and oxygen atoms in total. The van der Waals surface area contributed by atoms with Crippen molar-refractivity contribution < 1.29 is 4.39 Å². The first-order valence-corrected chi connectivity index (χ1v) is 7.01. The van der Waals surface area contributed by atoms with Gasteiger partial charge in [0.25, 0.3) is 0 Å². The van der Waals surface area contributed by atoms with Crippen LogP contribution in [0.2, 0.25) is 0 Å². The zero-order valence-corrected chi connectivity index (χ0v) is 11.7. The smallest absolute Gasteiger partial charge is 0.123 e. The Morgan fingerprint density at radius 2 is 2.11 bits per heavy atom. The maximum Gasteiger partial charge on any atom is 0.123 e. The maximum absolute atomic E-state index is 13.4. The first kappa shape index (κ1) is 13.5. The molecule has 1 N–H and O–H groups in total. The molecule has 2 heteroatoms. The van der Waals surface area contributed by atoms with Crippen molar-refractivity contribution in [2.45, 2.75) is 40.0 Å². The first-order chi connectivity index (χ1) is 8.55. The highest BCUT2D eigenvalue weighted by Gasteiger charge is 2.41. The normalized spacial score (nSPS) is 18.7. The lowest BCUT2D eigenvalue weighted by Crippen LogP contribution is -2.35. The summed E-state index contributed by atoms with van der Waals surface area (Å²) in [6.45, 7) is 8.60. The van der Waals surface area contributed by atoms with Gasteiger partial charge in [0.05, 0.1) is 0 Å². The van der Waals surface area contributed by atoms with Crippen molar-refractivity contribution in [2.75, 3.05) is 13.1 Å². The van der Waals surface area contributed by atoms with Crippen LogP contribution >= 0.6 is 0 Å². The molecule has 0 saturated heterocycles. The Hall–Kier alpha value is -0.890. The molecule has 1 atom stereocenters. The quantitative estimate of drug-likeness (QED) is 0.810. The molecule has 0 aliphatic heterocycles. The number of nitrogens with one attached hydrogen (secondary N) is 1. The zero-order chi connectivity index (χ0) is 13.2. The third-order valence-corrected chi connectivity index (χ3v) is 4.25. The van der Waals surface area contributed by atoms with Crippen molar-refractivity contribution in [3.8, 4) is 0 Å². The zero-order valence-electron chi connectivity index (χ0n) is 11.7. The van der Waals surface area contributed by atoms with Crippen molar-refractivity contribution in [1.29, 1.82) is 0 Å². The fourth-order valence-corrected chi connectivity index (χ4v) is 2.81. The maximum atomic E-state index is 13.4. The van der Waals surface area contributed by atoms with Crippen molar-refractivity contribution in [3.05, 3.63) is 35.1 Å². The molecule has 1 aliphatic carbocycles. The van der Waals surface area contributed by atoms with Gasteiger partial charge in [0.15, 0.2) is 0 Å². The van der Waals surface area contributed by atoms with Crippen LogP contribution in [0, 0.1) is 24.1 Å². The Morgan fingerprint density at radius 1 is 1.39 bits per heavy atom. The average Bonchev–Trinajstić information content (AvgIpc) is 3.16. The van der Waals surface area contributed by atoms with E-state index in [-0.39, 0.29) is 11.2 Å². The Morgan fingerprint density at radius 3 is 2.72 bits per heavy atom. The molecule has 18 heavy (non-hydrogen) atoms. The molecule has 0 spiro atoms. The van der Waals surface area contributed by atoms with E-state index >= 15 is 0 Å². The summed E-state index contributed by atoms with van der Waals surface area (Å²) >= 11 is 0. The lowest BCUT2D eigenvalue weighted by molar-refractivity contribution is 0.257. The molecule has 0 radical (unpaired) electrons. The van der Waals surface area contributed by atoms with Crippen LogP contribution in [0.25, 0.3) is 0 Å². The third-order valence-electron chi connectivity index (χ3n) is 4.25. The predicted octanol–water partition coefficient (Wildman–Crippen LogP) is 3.70. The standard InChI is InChI=1S/C16H24FN/c1-4-18-11-16(3,14-6-7-14)10-13-9-15(17)8-5-12(13)2/h5,8-9,14,18H,4,6-7,10-11H2,1-3H3. The summed E-state index contributed by atoms with van der Waals surface area (Å²) < 4.78 is 13.4. The van der Waals surface area contributed by atoms with Crippen LogP contribution in [0.15, 0.2) is 18.2 Å². The summed E-state index contributed by atoms with van der Waals surface area (Å²) in [4.78, 5) is 0. The molecule has 0 amide bonds. The largest absolute Gasteiger partial charge is 0.316 e. The Labute approximate surface area is 110 Å². The molecular weight excluding hydrogens is 225 g/mol. The number of rotatable bonds is 6. The molecule has 100 valence electrons. The van der Waals surface area contributed by atoms with Gasteiger partial charge in [0, 0.05) is 6.54 Å². The molecule has 1 aromatic rings. The molecule has 0 heterocycles. The highest BCUT2D eigenvalue weighted by Crippen LogP contribution is 2.47. The first-order valence-electron chi connectivity index (χ1n) is 7.01. The van der Waals surface area contributed by atoms with Gasteiger partial charge in [-0.1, -0.05) is 19.9 Å². The molecule has 0 bridgehead atoms. The number of benzene rings is 1. The Bertz CT molecular complexity index is 412. The molecule has 1 unspecified atom stereocenters. The van der Waals surface area contributed by atoms with E-state index in [9.17, 15) is 4.39 Å². The third kappa shape index (κ3) is 3.11. The van der Waals surface area contributed by atoms with Gasteiger partial charge in [-0.15, -0.1) is 0 Å². The van der Waals surface area contributed by atoms with Crippen molar-refractivity contribution >= 4 is 0 Å². The summed E-state index contributed by atoms with van der Waals surface area (Å²) in [5, 5.41) is 3.47. The minimum atomic E-state index is -0.114. The van der Waals surface area contributed by atoms with E-state index < -0.39 is 0 Å². The van der Waals surface area contributed by atoms with Gasteiger partial charge in [0.2, 0.25) is 0 Å². The summed E-state index contributed by atoms with van der Waals surface area (Å²) in [5.74, 6) is 0.691. The Kier molecular flexibility index (Phi) is 4.06. The molecule has 1 fully saturated rings. The fourth-order valence-electron chi connectivity index (χ4n) is 2.81. The Balaban J connectivity index is 2.15. The summed E-state index contributed by atoms with van der Waals surface area (Å²) in [6, 6.07) is 5.16. The van der Waals surface area contributed by atoms with Gasteiger partial charge in [-0.05, 0) is 67.3 Å². The molecule has 1 aromatic carbocycles. The van der Waals surface area contributed by atoms with E-state index in [0.29, 0.717) is 0 Å². The van der Waals surface area contributed by atoms with E-state index in [4.69, 9.17) is 0 Å². The van der Waals surface area contributed by atoms with Crippen LogP contribution in [0.3, 0.4) is 0 Å². The second kappa shape index (κ2) is 5.40. The minimum absolute atomic E-state index is 0.114. The second-order valence-electron chi connectivity index (χ2n) is 5.96. The van der Waals surface area contributed by atoms with Crippen LogP contribution in [0.1, 0.15) is 37.8 Å². The summed E-state index contributed by atoms with van der Waals surface area (Å²) in [5.41, 5.74) is 2.65. The lowest BCUT2D eigenvalue weighted by atomic mass is 9.78. The van der Waals surface area contributed by atoms with Crippen molar-refractivity contribution in [2.24, 2.45) is 11.3 Å². The van der Waals surface area contributed by atoms with Gasteiger partial charge in [-0.2, -0.15) is 0 Å². The molecular formula is C16H24FN. The minimum Gasteiger partial charge on any atom is -0.316 e. The number of hydrogen-bond donors (Lipinski definition) is 1. The van der Waals surface area contributed by atoms with Crippen LogP contribution in [-0.4, -0.2) is 13.1 Å². The van der Waals surface area contributed by atoms with Gasteiger partial charge in [0.1, 0.15) is 5.82 Å². The second-order valence-corrected chi connectivity index (χ2v) is 5.96. The van der Waals surface area contributed by atoms with Crippen molar-refractivity contribution in [3.63, 3.8) is 0 Å². The molecule has 0 aromatic heterocycles. The molecule has 1 saturated carbocycles. The molecule has 1 aliphatic rings.